The summed E-state index contributed by atoms with van der Waals surface area (Å²) in [6.07, 6.45) is 2.50. The molecule has 4 amide bonds. The molecule has 47 heavy (non-hydrogen) atoms. The number of nitrogens with one attached hydrogen (secondary N) is 1. The van der Waals surface area contributed by atoms with Gasteiger partial charge < -0.3 is 9.84 Å². The topological polar surface area (TPSA) is 131 Å². The first-order valence-corrected chi connectivity index (χ1v) is 16.7. The Bertz CT molecular complexity index is 2120. The van der Waals surface area contributed by atoms with Gasteiger partial charge in [0, 0.05) is 40.4 Å². The lowest BCUT2D eigenvalue weighted by Gasteiger charge is -2.49. The largest absolute Gasteiger partial charge is 0.508 e. The number of hydrogen-bond donors (Lipinski definition) is 2. The van der Waals surface area contributed by atoms with Gasteiger partial charge in [-0.3, -0.25) is 29.2 Å². The third-order valence-corrected chi connectivity index (χ3v) is 12.4. The maximum Gasteiger partial charge on any atom is 0.242 e. The molecule has 12 heteroatoms. The number of hydrogen-bond acceptors (Lipinski definition) is 8. The number of anilines is 1. The fraction of sp³-hybridized carbons (Fsp3) is 0.343. The van der Waals surface area contributed by atoms with Crippen molar-refractivity contribution in [2.45, 2.75) is 32.6 Å². The normalized spacial score (nSPS) is 28.3. The van der Waals surface area contributed by atoms with E-state index in [0.717, 1.165) is 26.1 Å². The molecule has 0 spiro atoms. The Labute approximate surface area is 278 Å². The standard InChI is InChI=1S/C35H31ClN4O6S/c1-15-21-11-16(36)5-10-26(21)47-30(15)24-14-27(39(3)38-24)40-33(44)23-13-22-18(8-9-20-28(22)32(43)37-31(20)42)29(35(23,2)34(40)45)19-7-6-17(46-4)12-25(19)41/h5-8,10-12,14,20,22-23,28-29,41H,9,13H2,1-4H3,(H,37,42,43). The van der Waals surface area contributed by atoms with Gasteiger partial charge in [-0.1, -0.05) is 29.3 Å². The molecule has 2 N–H and O–H groups in total. The van der Waals surface area contributed by atoms with E-state index >= 15 is 0 Å². The van der Waals surface area contributed by atoms with Crippen LogP contribution >= 0.6 is 22.9 Å². The highest BCUT2D eigenvalue weighted by molar-refractivity contribution is 7.22. The summed E-state index contributed by atoms with van der Waals surface area (Å²) in [6, 6.07) is 12.4. The number of rotatable bonds is 4. The maximum absolute atomic E-state index is 14.8. The van der Waals surface area contributed by atoms with Crippen LogP contribution in [0.2, 0.25) is 5.02 Å². The quantitative estimate of drug-likeness (QED) is 0.217. The Kier molecular flexibility index (Phi) is 6.52. The average Bonchev–Trinajstić information content (AvgIpc) is 3.72. The number of fused-ring (bicyclic) bond motifs is 5. The third-order valence-electron chi connectivity index (χ3n) is 10.9. The molecule has 4 heterocycles. The van der Waals surface area contributed by atoms with Crippen molar-refractivity contribution in [3.05, 3.63) is 70.3 Å². The van der Waals surface area contributed by atoms with E-state index in [-0.39, 0.29) is 24.0 Å². The minimum Gasteiger partial charge on any atom is -0.508 e. The van der Waals surface area contributed by atoms with Crippen molar-refractivity contribution in [3.8, 4) is 22.1 Å². The molecule has 6 atom stereocenters. The zero-order valence-electron chi connectivity index (χ0n) is 26.0. The number of carbonyl (C=O) groups is 4. The highest BCUT2D eigenvalue weighted by atomic mass is 35.5. The highest BCUT2D eigenvalue weighted by Crippen LogP contribution is 2.64. The van der Waals surface area contributed by atoms with Gasteiger partial charge in [-0.25, -0.2) is 4.90 Å². The summed E-state index contributed by atoms with van der Waals surface area (Å²) >= 11 is 7.84. The van der Waals surface area contributed by atoms with Crippen LogP contribution in [0.5, 0.6) is 11.5 Å². The van der Waals surface area contributed by atoms with Crippen molar-refractivity contribution in [3.63, 3.8) is 0 Å². The minimum absolute atomic E-state index is 0.0770. The second-order valence-electron chi connectivity index (χ2n) is 13.1. The maximum atomic E-state index is 14.8. The minimum atomic E-state index is -1.30. The van der Waals surface area contributed by atoms with Crippen LogP contribution in [-0.4, -0.2) is 45.6 Å². The van der Waals surface area contributed by atoms with Gasteiger partial charge in [0.1, 0.15) is 23.0 Å². The van der Waals surface area contributed by atoms with E-state index in [2.05, 4.69) is 5.32 Å². The Morgan fingerprint density at radius 1 is 1.09 bits per heavy atom. The number of phenolic OH excluding ortho intramolecular Hbond substituents is 1. The van der Waals surface area contributed by atoms with Gasteiger partial charge in [0.15, 0.2) is 0 Å². The summed E-state index contributed by atoms with van der Waals surface area (Å²) in [4.78, 5) is 57.4. The summed E-state index contributed by atoms with van der Waals surface area (Å²) in [6.45, 7) is 3.78. The number of aromatic hydroxyl groups is 1. The first-order valence-electron chi connectivity index (χ1n) is 15.5. The summed E-state index contributed by atoms with van der Waals surface area (Å²) < 4.78 is 7.92. The molecule has 4 aromatic rings. The van der Waals surface area contributed by atoms with Gasteiger partial charge in [0.25, 0.3) is 0 Å². The fourth-order valence-electron chi connectivity index (χ4n) is 8.60. The van der Waals surface area contributed by atoms with Crippen LogP contribution in [-0.2, 0) is 26.2 Å². The molecule has 3 fully saturated rings. The number of nitrogens with zero attached hydrogens (tertiary/aromatic N) is 3. The van der Waals surface area contributed by atoms with E-state index in [1.54, 1.807) is 48.2 Å². The summed E-state index contributed by atoms with van der Waals surface area (Å²) in [5, 5.41) is 20.2. The molecule has 4 aliphatic rings. The van der Waals surface area contributed by atoms with Gasteiger partial charge >= 0.3 is 0 Å². The molecule has 10 nitrogen and oxygen atoms in total. The Hall–Kier alpha value is -4.48. The van der Waals surface area contributed by atoms with Gasteiger partial charge in [-0.2, -0.15) is 5.10 Å². The van der Waals surface area contributed by atoms with Crippen molar-refractivity contribution in [2.24, 2.45) is 36.1 Å². The first-order chi connectivity index (χ1) is 22.4. The number of methoxy groups -OCH3 is 1. The van der Waals surface area contributed by atoms with E-state index in [1.807, 2.05) is 31.2 Å². The number of halogens is 1. The van der Waals surface area contributed by atoms with Crippen LogP contribution in [0.4, 0.5) is 5.82 Å². The number of imide groups is 2. The predicted octanol–water partition coefficient (Wildman–Crippen LogP) is 5.50. The highest BCUT2D eigenvalue weighted by Gasteiger charge is 2.67. The van der Waals surface area contributed by atoms with Gasteiger partial charge in [-0.05, 0) is 67.8 Å². The van der Waals surface area contributed by atoms with E-state index < -0.39 is 46.8 Å². The van der Waals surface area contributed by atoms with Crippen LogP contribution in [0.15, 0.2) is 54.1 Å². The van der Waals surface area contributed by atoms with E-state index in [9.17, 15) is 24.3 Å². The van der Waals surface area contributed by atoms with Crippen molar-refractivity contribution >= 4 is 62.5 Å². The molecular weight excluding hydrogens is 640 g/mol. The third kappa shape index (κ3) is 4.05. The van der Waals surface area contributed by atoms with Gasteiger partial charge in [0.2, 0.25) is 23.6 Å². The molecule has 0 radical (unpaired) electrons. The SMILES string of the molecule is COc1ccc(C2C3=CCC4C(=O)NC(=O)C4C3CC3C(=O)N(c4cc(-c5sc6ccc(Cl)cc6c5C)nn4C)C(=O)C32C)c(O)c1. The van der Waals surface area contributed by atoms with Crippen molar-refractivity contribution in [2.75, 3.05) is 12.0 Å². The van der Waals surface area contributed by atoms with Gasteiger partial charge in [0.05, 0.1) is 35.2 Å². The lowest BCUT2D eigenvalue weighted by atomic mass is 9.51. The summed E-state index contributed by atoms with van der Waals surface area (Å²) in [7, 11) is 3.20. The number of benzene rings is 2. The molecule has 240 valence electrons. The van der Waals surface area contributed by atoms with Crippen LogP contribution in [0.3, 0.4) is 0 Å². The smallest absolute Gasteiger partial charge is 0.242 e. The fourth-order valence-corrected chi connectivity index (χ4v) is 9.92. The zero-order chi connectivity index (χ0) is 33.1. The molecule has 0 bridgehead atoms. The Morgan fingerprint density at radius 2 is 1.87 bits per heavy atom. The van der Waals surface area contributed by atoms with Gasteiger partial charge in [-0.15, -0.1) is 11.3 Å². The molecule has 2 aliphatic heterocycles. The number of carbonyl (C=O) groups excluding carboxylic acids is 4. The van der Waals surface area contributed by atoms with E-state index in [0.29, 0.717) is 34.3 Å². The van der Waals surface area contributed by atoms with Crippen LogP contribution in [0.25, 0.3) is 20.7 Å². The number of aromatic nitrogens is 2. The first kappa shape index (κ1) is 29.9. The Balaban J connectivity index is 1.26. The molecule has 2 aromatic carbocycles. The van der Waals surface area contributed by atoms with Crippen LogP contribution in [0.1, 0.15) is 36.8 Å². The number of thiophene rings is 1. The second kappa shape index (κ2) is 10.3. The molecule has 8 rings (SSSR count). The Morgan fingerprint density at radius 3 is 2.62 bits per heavy atom. The number of ether oxygens (including phenoxy) is 1. The number of allylic oxidation sites excluding steroid dienone is 2. The number of phenols is 1. The van der Waals surface area contributed by atoms with Crippen molar-refractivity contribution in [1.82, 2.24) is 15.1 Å². The summed E-state index contributed by atoms with van der Waals surface area (Å²) in [5.41, 5.74) is 1.59. The lowest BCUT2D eigenvalue weighted by Crippen LogP contribution is -2.48. The van der Waals surface area contributed by atoms with Crippen LogP contribution < -0.4 is 15.0 Å². The van der Waals surface area contributed by atoms with Crippen molar-refractivity contribution in [1.29, 1.82) is 0 Å². The lowest BCUT2D eigenvalue weighted by molar-refractivity contribution is -0.131. The molecule has 1 saturated carbocycles. The molecule has 2 saturated heterocycles. The number of amides is 4. The monoisotopic (exact) mass is 670 g/mol. The zero-order valence-corrected chi connectivity index (χ0v) is 27.6. The number of aryl methyl sites for hydroxylation is 2. The molecule has 2 aliphatic carbocycles. The molecule has 2 aromatic heterocycles. The average molecular weight is 671 g/mol. The van der Waals surface area contributed by atoms with E-state index in [1.165, 1.54) is 18.1 Å². The predicted molar refractivity (Wildman–Crippen MR) is 176 cm³/mol. The summed E-state index contributed by atoms with van der Waals surface area (Å²) in [5.74, 6) is -3.98. The molecular formula is C35H31ClN4O6S. The van der Waals surface area contributed by atoms with E-state index in [4.69, 9.17) is 21.4 Å². The van der Waals surface area contributed by atoms with Crippen LogP contribution in [0, 0.1) is 36.0 Å². The second-order valence-corrected chi connectivity index (χ2v) is 14.6. The molecule has 6 unspecified atom stereocenters. The van der Waals surface area contributed by atoms with Crippen molar-refractivity contribution < 1.29 is 29.0 Å².